The Morgan fingerprint density at radius 3 is 2.91 bits per heavy atom. The molecule has 0 amide bonds. The molecule has 1 atom stereocenters. The summed E-state index contributed by atoms with van der Waals surface area (Å²) in [5, 5.41) is 3.30. The molecule has 1 heterocycles. The molecular formula is C8H14ClNO. The number of rotatable bonds is 3. The number of halogens is 1. The lowest BCUT2D eigenvalue weighted by molar-refractivity contribution is -0.117. The first-order valence-corrected chi connectivity index (χ1v) is 4.67. The summed E-state index contributed by atoms with van der Waals surface area (Å²) < 4.78 is 0. The number of piperidine rings is 1. The molecule has 64 valence electrons. The highest BCUT2D eigenvalue weighted by Gasteiger charge is 2.14. The molecule has 1 N–H and O–H groups in total. The third-order valence-electron chi connectivity index (χ3n) is 2.04. The van der Waals surface area contributed by atoms with E-state index in [9.17, 15) is 4.79 Å². The minimum atomic E-state index is 0.158. The van der Waals surface area contributed by atoms with Gasteiger partial charge in [-0.25, -0.2) is 0 Å². The van der Waals surface area contributed by atoms with Crippen LogP contribution in [0.15, 0.2) is 0 Å². The van der Waals surface area contributed by atoms with Crippen molar-refractivity contribution >= 4 is 17.4 Å². The third-order valence-corrected chi connectivity index (χ3v) is 2.33. The van der Waals surface area contributed by atoms with Gasteiger partial charge in [0.05, 0.1) is 5.88 Å². The van der Waals surface area contributed by atoms with Gasteiger partial charge in [0.1, 0.15) is 5.78 Å². The van der Waals surface area contributed by atoms with Gasteiger partial charge in [-0.1, -0.05) is 6.42 Å². The molecule has 0 aromatic heterocycles. The Balaban J connectivity index is 2.19. The number of Topliss-reactive ketones (excluding diaryl/α,β-unsaturated/α-hetero) is 1. The summed E-state index contributed by atoms with van der Waals surface area (Å²) >= 11 is 5.39. The van der Waals surface area contributed by atoms with Crippen LogP contribution in [0, 0.1) is 0 Å². The molecule has 2 nitrogen and oxygen atoms in total. The third kappa shape index (κ3) is 3.21. The average molecular weight is 176 g/mol. The van der Waals surface area contributed by atoms with E-state index in [1.807, 2.05) is 0 Å². The number of carbonyl (C=O) groups is 1. The van der Waals surface area contributed by atoms with Crippen LogP contribution in [0.25, 0.3) is 0 Å². The topological polar surface area (TPSA) is 29.1 Å². The van der Waals surface area contributed by atoms with Gasteiger partial charge < -0.3 is 5.32 Å². The number of hydrogen-bond donors (Lipinski definition) is 1. The van der Waals surface area contributed by atoms with Crippen LogP contribution in [-0.4, -0.2) is 24.2 Å². The Labute approximate surface area is 72.3 Å². The molecule has 0 aromatic rings. The van der Waals surface area contributed by atoms with Gasteiger partial charge in [-0.15, -0.1) is 11.6 Å². The first kappa shape index (κ1) is 9.01. The van der Waals surface area contributed by atoms with E-state index in [-0.39, 0.29) is 11.7 Å². The summed E-state index contributed by atoms with van der Waals surface area (Å²) in [6, 6.07) is 0.398. The highest BCUT2D eigenvalue weighted by atomic mass is 35.5. The minimum Gasteiger partial charge on any atom is -0.314 e. The number of nitrogens with one attached hydrogen (secondary N) is 1. The molecule has 0 saturated carbocycles. The first-order valence-electron chi connectivity index (χ1n) is 4.14. The highest BCUT2D eigenvalue weighted by Crippen LogP contribution is 2.10. The molecule has 11 heavy (non-hydrogen) atoms. The van der Waals surface area contributed by atoms with Crippen LogP contribution in [0.3, 0.4) is 0 Å². The van der Waals surface area contributed by atoms with Gasteiger partial charge in [0.2, 0.25) is 0 Å². The van der Waals surface area contributed by atoms with E-state index in [1.54, 1.807) is 0 Å². The number of carbonyl (C=O) groups excluding carboxylic acids is 1. The van der Waals surface area contributed by atoms with Gasteiger partial charge in [0.25, 0.3) is 0 Å². The quantitative estimate of drug-likeness (QED) is 0.656. The fourth-order valence-electron chi connectivity index (χ4n) is 1.43. The molecule has 1 saturated heterocycles. The molecule has 0 bridgehead atoms. The van der Waals surface area contributed by atoms with Crippen molar-refractivity contribution in [2.24, 2.45) is 0 Å². The minimum absolute atomic E-state index is 0.158. The van der Waals surface area contributed by atoms with Gasteiger partial charge in [0, 0.05) is 12.5 Å². The van der Waals surface area contributed by atoms with E-state index in [0.29, 0.717) is 12.5 Å². The molecule has 1 rings (SSSR count). The summed E-state index contributed by atoms with van der Waals surface area (Å²) in [6.45, 7) is 1.06. The predicted octanol–water partition coefficient (Wildman–Crippen LogP) is 1.33. The Hall–Kier alpha value is -0.0800. The van der Waals surface area contributed by atoms with E-state index in [1.165, 1.54) is 12.8 Å². The zero-order valence-corrected chi connectivity index (χ0v) is 7.36. The summed E-state index contributed by atoms with van der Waals surface area (Å²) in [5.41, 5.74) is 0. The van der Waals surface area contributed by atoms with Crippen LogP contribution >= 0.6 is 11.6 Å². The maximum atomic E-state index is 10.9. The second-order valence-electron chi connectivity index (χ2n) is 3.02. The van der Waals surface area contributed by atoms with E-state index < -0.39 is 0 Å². The van der Waals surface area contributed by atoms with Crippen LogP contribution in [0.4, 0.5) is 0 Å². The number of alkyl halides is 1. The van der Waals surface area contributed by atoms with Crippen molar-refractivity contribution in [3.63, 3.8) is 0 Å². The maximum Gasteiger partial charge on any atom is 0.149 e. The maximum absolute atomic E-state index is 10.9. The molecule has 1 unspecified atom stereocenters. The fraction of sp³-hybridized carbons (Fsp3) is 0.875. The summed E-state index contributed by atoms with van der Waals surface area (Å²) in [5.74, 6) is 0.323. The smallest absolute Gasteiger partial charge is 0.149 e. The molecule has 1 aliphatic heterocycles. The monoisotopic (exact) mass is 175 g/mol. The summed E-state index contributed by atoms with van der Waals surface area (Å²) in [4.78, 5) is 10.9. The molecule has 0 radical (unpaired) electrons. The second-order valence-corrected chi connectivity index (χ2v) is 3.29. The molecule has 0 aliphatic carbocycles. The van der Waals surface area contributed by atoms with Crippen molar-refractivity contribution in [3.8, 4) is 0 Å². The van der Waals surface area contributed by atoms with Crippen LogP contribution in [0.1, 0.15) is 25.7 Å². The Morgan fingerprint density at radius 2 is 2.36 bits per heavy atom. The summed E-state index contributed by atoms with van der Waals surface area (Å²) in [6.07, 6.45) is 4.23. The van der Waals surface area contributed by atoms with Crippen LogP contribution in [0.2, 0.25) is 0 Å². The second kappa shape index (κ2) is 4.73. The van der Waals surface area contributed by atoms with Crippen LogP contribution in [0.5, 0.6) is 0 Å². The van der Waals surface area contributed by atoms with Crippen molar-refractivity contribution in [2.75, 3.05) is 12.4 Å². The van der Waals surface area contributed by atoms with Crippen molar-refractivity contribution in [3.05, 3.63) is 0 Å². The van der Waals surface area contributed by atoms with E-state index in [4.69, 9.17) is 11.6 Å². The Morgan fingerprint density at radius 1 is 1.55 bits per heavy atom. The van der Waals surface area contributed by atoms with Gasteiger partial charge in [-0.2, -0.15) is 0 Å². The van der Waals surface area contributed by atoms with Crippen molar-refractivity contribution in [1.82, 2.24) is 5.32 Å². The lowest BCUT2D eigenvalue weighted by atomic mass is 10.0. The molecular weight excluding hydrogens is 162 g/mol. The van der Waals surface area contributed by atoms with E-state index in [0.717, 1.165) is 13.0 Å². The Kier molecular flexibility index (Phi) is 3.87. The van der Waals surface area contributed by atoms with E-state index >= 15 is 0 Å². The van der Waals surface area contributed by atoms with Crippen LogP contribution in [-0.2, 0) is 4.79 Å². The van der Waals surface area contributed by atoms with Crippen LogP contribution < -0.4 is 5.32 Å². The zero-order chi connectivity index (χ0) is 8.10. The number of hydrogen-bond acceptors (Lipinski definition) is 2. The van der Waals surface area contributed by atoms with Crippen molar-refractivity contribution in [1.29, 1.82) is 0 Å². The average Bonchev–Trinajstić information content (AvgIpc) is 2.06. The molecule has 0 aromatic carbocycles. The first-order chi connectivity index (χ1) is 5.33. The SMILES string of the molecule is O=C(CCl)CC1CCCCN1. The largest absolute Gasteiger partial charge is 0.314 e. The van der Waals surface area contributed by atoms with Gasteiger partial charge >= 0.3 is 0 Å². The predicted molar refractivity (Wildman–Crippen MR) is 46.0 cm³/mol. The molecule has 1 aliphatic rings. The standard InChI is InChI=1S/C8H14ClNO/c9-6-8(11)5-7-3-1-2-4-10-7/h7,10H,1-6H2. The van der Waals surface area contributed by atoms with Gasteiger partial charge in [-0.05, 0) is 19.4 Å². The van der Waals surface area contributed by atoms with E-state index in [2.05, 4.69) is 5.32 Å². The summed E-state index contributed by atoms with van der Waals surface area (Å²) in [7, 11) is 0. The molecule has 3 heteroatoms. The highest BCUT2D eigenvalue weighted by molar-refractivity contribution is 6.27. The normalized spacial score (nSPS) is 25.0. The Bertz CT molecular complexity index is 132. The van der Waals surface area contributed by atoms with Crippen molar-refractivity contribution in [2.45, 2.75) is 31.7 Å². The van der Waals surface area contributed by atoms with Gasteiger partial charge in [0.15, 0.2) is 0 Å². The zero-order valence-electron chi connectivity index (χ0n) is 6.61. The molecule has 1 fully saturated rings. The lowest BCUT2D eigenvalue weighted by Crippen LogP contribution is -2.35. The fourth-order valence-corrected chi connectivity index (χ4v) is 1.54. The lowest BCUT2D eigenvalue weighted by Gasteiger charge is -2.22. The van der Waals surface area contributed by atoms with Gasteiger partial charge in [-0.3, -0.25) is 4.79 Å². The van der Waals surface area contributed by atoms with Crippen molar-refractivity contribution < 1.29 is 4.79 Å². The number of ketones is 1. The molecule has 0 spiro atoms.